The minimum atomic E-state index is -0.265. The molecule has 0 fully saturated rings. The predicted molar refractivity (Wildman–Crippen MR) is 62.9 cm³/mol. The van der Waals surface area contributed by atoms with E-state index in [9.17, 15) is 9.18 Å². The van der Waals surface area contributed by atoms with E-state index >= 15 is 0 Å². The van der Waals surface area contributed by atoms with Gasteiger partial charge in [-0.3, -0.25) is 4.79 Å². The van der Waals surface area contributed by atoms with Crippen molar-refractivity contribution in [2.75, 3.05) is 18.4 Å². The van der Waals surface area contributed by atoms with Crippen molar-refractivity contribution >= 4 is 11.6 Å². The Balaban J connectivity index is 2.42. The number of hydrogen-bond donors (Lipinski definition) is 2. The summed E-state index contributed by atoms with van der Waals surface area (Å²) in [6.45, 7) is 4.53. The van der Waals surface area contributed by atoms with E-state index in [0.29, 0.717) is 17.8 Å². The van der Waals surface area contributed by atoms with Crippen LogP contribution in [0.15, 0.2) is 18.2 Å². The highest BCUT2D eigenvalue weighted by Gasteiger charge is 2.02. The molecule has 0 aliphatic rings. The van der Waals surface area contributed by atoms with Gasteiger partial charge in [0.25, 0.3) is 0 Å². The molecular weight excluding hydrogens is 207 g/mol. The Kier molecular flexibility index (Phi) is 4.76. The highest BCUT2D eigenvalue weighted by atomic mass is 19.1. The summed E-state index contributed by atoms with van der Waals surface area (Å²) in [4.78, 5) is 11.3. The first kappa shape index (κ1) is 12.5. The summed E-state index contributed by atoms with van der Waals surface area (Å²) in [6, 6.07) is 4.83. The summed E-state index contributed by atoms with van der Waals surface area (Å²) in [7, 11) is 0. The number of aryl methyl sites for hydroxylation is 1. The third-order valence-corrected chi connectivity index (χ3v) is 2.20. The topological polar surface area (TPSA) is 41.1 Å². The van der Waals surface area contributed by atoms with Crippen LogP contribution in [0.3, 0.4) is 0 Å². The Hall–Kier alpha value is -1.58. The van der Waals surface area contributed by atoms with E-state index in [1.807, 2.05) is 6.92 Å². The fraction of sp³-hybridized carbons (Fsp3) is 0.417. The minimum absolute atomic E-state index is 0.0807. The zero-order valence-electron chi connectivity index (χ0n) is 9.64. The van der Waals surface area contributed by atoms with Crippen molar-refractivity contribution in [2.45, 2.75) is 20.3 Å². The first-order valence-electron chi connectivity index (χ1n) is 5.40. The Morgan fingerprint density at radius 1 is 1.44 bits per heavy atom. The van der Waals surface area contributed by atoms with Crippen molar-refractivity contribution < 1.29 is 9.18 Å². The SMILES string of the molecule is CCCNC(=O)CNc1ccc(C)c(F)c1. The maximum Gasteiger partial charge on any atom is 0.239 e. The number of carbonyl (C=O) groups excluding carboxylic acids is 1. The molecule has 0 aromatic heterocycles. The van der Waals surface area contributed by atoms with Gasteiger partial charge in [0, 0.05) is 12.2 Å². The van der Waals surface area contributed by atoms with Crippen LogP contribution < -0.4 is 10.6 Å². The van der Waals surface area contributed by atoms with Crippen molar-refractivity contribution in [1.29, 1.82) is 0 Å². The van der Waals surface area contributed by atoms with Gasteiger partial charge >= 0.3 is 0 Å². The van der Waals surface area contributed by atoms with Crippen LogP contribution in [0.4, 0.5) is 10.1 Å². The summed E-state index contributed by atoms with van der Waals surface area (Å²) < 4.78 is 13.2. The van der Waals surface area contributed by atoms with Crippen LogP contribution in [0.5, 0.6) is 0 Å². The standard InChI is InChI=1S/C12H17FN2O/c1-3-6-14-12(16)8-15-10-5-4-9(2)11(13)7-10/h4-5,7,15H,3,6,8H2,1-2H3,(H,14,16). The summed E-state index contributed by atoms with van der Waals surface area (Å²) in [5.74, 6) is -0.346. The van der Waals surface area contributed by atoms with Crippen LogP contribution in [0, 0.1) is 12.7 Å². The van der Waals surface area contributed by atoms with Crippen molar-refractivity contribution in [2.24, 2.45) is 0 Å². The van der Waals surface area contributed by atoms with E-state index < -0.39 is 0 Å². The second-order valence-corrected chi connectivity index (χ2v) is 3.67. The van der Waals surface area contributed by atoms with Gasteiger partial charge in [-0.2, -0.15) is 0 Å². The largest absolute Gasteiger partial charge is 0.376 e. The zero-order valence-corrected chi connectivity index (χ0v) is 9.64. The number of benzene rings is 1. The molecule has 3 nitrogen and oxygen atoms in total. The molecule has 0 unspecified atom stereocenters. The number of halogens is 1. The molecule has 0 saturated heterocycles. The smallest absolute Gasteiger partial charge is 0.239 e. The number of nitrogens with one attached hydrogen (secondary N) is 2. The van der Waals surface area contributed by atoms with Gasteiger partial charge in [0.15, 0.2) is 0 Å². The molecule has 0 atom stereocenters. The van der Waals surface area contributed by atoms with Gasteiger partial charge in [-0.1, -0.05) is 13.0 Å². The van der Waals surface area contributed by atoms with E-state index in [0.717, 1.165) is 6.42 Å². The monoisotopic (exact) mass is 224 g/mol. The van der Waals surface area contributed by atoms with Crippen LogP contribution in [-0.4, -0.2) is 19.0 Å². The van der Waals surface area contributed by atoms with E-state index in [-0.39, 0.29) is 18.3 Å². The highest BCUT2D eigenvalue weighted by Crippen LogP contribution is 2.12. The molecule has 88 valence electrons. The lowest BCUT2D eigenvalue weighted by Crippen LogP contribution is -2.30. The fourth-order valence-corrected chi connectivity index (χ4v) is 1.21. The Morgan fingerprint density at radius 3 is 2.81 bits per heavy atom. The maximum absolute atomic E-state index is 13.2. The van der Waals surface area contributed by atoms with E-state index in [4.69, 9.17) is 0 Å². The maximum atomic E-state index is 13.2. The average molecular weight is 224 g/mol. The molecule has 4 heteroatoms. The second kappa shape index (κ2) is 6.10. The lowest BCUT2D eigenvalue weighted by molar-refractivity contribution is -0.119. The van der Waals surface area contributed by atoms with Crippen molar-refractivity contribution in [3.05, 3.63) is 29.6 Å². The van der Waals surface area contributed by atoms with Gasteiger partial charge in [0.1, 0.15) is 5.82 Å². The molecule has 1 aromatic carbocycles. The van der Waals surface area contributed by atoms with E-state index in [2.05, 4.69) is 10.6 Å². The molecule has 1 rings (SSSR count). The average Bonchev–Trinajstić information content (AvgIpc) is 2.28. The molecule has 0 saturated carbocycles. The molecule has 0 heterocycles. The van der Waals surface area contributed by atoms with Crippen molar-refractivity contribution in [3.63, 3.8) is 0 Å². The first-order valence-corrected chi connectivity index (χ1v) is 5.40. The molecule has 16 heavy (non-hydrogen) atoms. The third kappa shape index (κ3) is 3.88. The van der Waals surface area contributed by atoms with Gasteiger partial charge in [-0.25, -0.2) is 4.39 Å². The summed E-state index contributed by atoms with van der Waals surface area (Å²) in [5.41, 5.74) is 1.22. The van der Waals surface area contributed by atoms with Crippen LogP contribution in [0.25, 0.3) is 0 Å². The van der Waals surface area contributed by atoms with Gasteiger partial charge in [0.2, 0.25) is 5.91 Å². The van der Waals surface area contributed by atoms with Gasteiger partial charge in [-0.05, 0) is 31.0 Å². The fourth-order valence-electron chi connectivity index (χ4n) is 1.21. The Bertz CT molecular complexity index is 366. The van der Waals surface area contributed by atoms with Crippen LogP contribution in [-0.2, 0) is 4.79 Å². The molecular formula is C12H17FN2O. The van der Waals surface area contributed by atoms with Crippen molar-refractivity contribution in [1.82, 2.24) is 5.32 Å². The highest BCUT2D eigenvalue weighted by molar-refractivity contribution is 5.80. The number of amides is 1. The Morgan fingerprint density at radius 2 is 2.19 bits per heavy atom. The number of anilines is 1. The van der Waals surface area contributed by atoms with Crippen LogP contribution in [0.1, 0.15) is 18.9 Å². The minimum Gasteiger partial charge on any atom is -0.376 e. The second-order valence-electron chi connectivity index (χ2n) is 3.67. The van der Waals surface area contributed by atoms with E-state index in [1.54, 1.807) is 19.1 Å². The molecule has 1 aromatic rings. The Labute approximate surface area is 95.0 Å². The molecule has 1 amide bonds. The molecule has 2 N–H and O–H groups in total. The van der Waals surface area contributed by atoms with Crippen LogP contribution in [0.2, 0.25) is 0 Å². The van der Waals surface area contributed by atoms with Gasteiger partial charge in [-0.15, -0.1) is 0 Å². The summed E-state index contributed by atoms with van der Waals surface area (Å²) in [5, 5.41) is 5.60. The molecule has 0 spiro atoms. The van der Waals surface area contributed by atoms with Gasteiger partial charge < -0.3 is 10.6 Å². The predicted octanol–water partition coefficient (Wildman–Crippen LogP) is 2.07. The molecule has 0 bridgehead atoms. The zero-order chi connectivity index (χ0) is 12.0. The lowest BCUT2D eigenvalue weighted by atomic mass is 10.2. The molecule has 0 aliphatic heterocycles. The van der Waals surface area contributed by atoms with Crippen LogP contribution >= 0.6 is 0 Å². The number of carbonyl (C=O) groups is 1. The van der Waals surface area contributed by atoms with Gasteiger partial charge in [0.05, 0.1) is 6.54 Å². The summed E-state index contributed by atoms with van der Waals surface area (Å²) in [6.07, 6.45) is 0.908. The van der Waals surface area contributed by atoms with E-state index in [1.165, 1.54) is 6.07 Å². The normalized spacial score (nSPS) is 9.94. The van der Waals surface area contributed by atoms with Crippen molar-refractivity contribution in [3.8, 4) is 0 Å². The quantitative estimate of drug-likeness (QED) is 0.804. The lowest BCUT2D eigenvalue weighted by Gasteiger charge is -2.07. The third-order valence-electron chi connectivity index (χ3n) is 2.20. The molecule has 0 aliphatic carbocycles. The summed E-state index contributed by atoms with van der Waals surface area (Å²) >= 11 is 0. The number of rotatable bonds is 5. The number of hydrogen-bond acceptors (Lipinski definition) is 2. The first-order chi connectivity index (χ1) is 7.63. The molecule has 0 radical (unpaired) electrons.